The Kier molecular flexibility index (Phi) is 5.54. The zero-order valence-corrected chi connectivity index (χ0v) is 13.1. The highest BCUT2D eigenvalue weighted by Gasteiger charge is 2.09. The first-order valence-electron chi connectivity index (χ1n) is 6.21. The lowest BCUT2D eigenvalue weighted by Crippen LogP contribution is -2.36. The van der Waals surface area contributed by atoms with Crippen LogP contribution in [-0.2, 0) is 0 Å². The highest BCUT2D eigenvalue weighted by molar-refractivity contribution is 9.10. The van der Waals surface area contributed by atoms with Crippen LogP contribution in [0, 0.1) is 5.82 Å². The van der Waals surface area contributed by atoms with Crippen LogP contribution in [0.3, 0.4) is 0 Å². The maximum atomic E-state index is 13.7. The number of benzene rings is 1. The van der Waals surface area contributed by atoms with Gasteiger partial charge in [-0.3, -0.25) is 0 Å². The fourth-order valence-electron chi connectivity index (χ4n) is 1.50. The summed E-state index contributed by atoms with van der Waals surface area (Å²) in [5.41, 5.74) is 1.91. The van der Waals surface area contributed by atoms with Crippen LogP contribution >= 0.6 is 15.9 Å². The van der Waals surface area contributed by atoms with Gasteiger partial charge in [0.05, 0.1) is 0 Å². The second-order valence-corrected chi connectivity index (χ2v) is 6.34. The van der Waals surface area contributed by atoms with E-state index in [9.17, 15) is 4.39 Å². The highest BCUT2D eigenvalue weighted by Crippen LogP contribution is 2.19. The second kappa shape index (κ2) is 6.48. The number of halogens is 2. The molecule has 1 rings (SSSR count). The van der Waals surface area contributed by atoms with E-state index in [-0.39, 0.29) is 11.4 Å². The van der Waals surface area contributed by atoms with E-state index in [1.165, 1.54) is 11.6 Å². The molecule has 1 aromatic carbocycles. The summed E-state index contributed by atoms with van der Waals surface area (Å²) in [6, 6.07) is 5.01. The predicted molar refractivity (Wildman–Crippen MR) is 80.1 cm³/mol. The molecule has 0 bridgehead atoms. The van der Waals surface area contributed by atoms with Gasteiger partial charge in [-0.1, -0.05) is 34.5 Å². The van der Waals surface area contributed by atoms with Crippen molar-refractivity contribution >= 4 is 22.0 Å². The van der Waals surface area contributed by atoms with Gasteiger partial charge in [-0.25, -0.2) is 4.39 Å². The molecule has 0 aliphatic rings. The monoisotopic (exact) mass is 313 g/mol. The molecule has 0 aliphatic heterocycles. The van der Waals surface area contributed by atoms with E-state index >= 15 is 0 Å². The predicted octanol–water partition coefficient (Wildman–Crippen LogP) is 4.77. The molecule has 0 radical (unpaired) electrons. The molecule has 100 valence electrons. The van der Waals surface area contributed by atoms with Crippen LogP contribution in [0.4, 0.5) is 4.39 Å². The molecule has 0 unspecified atom stereocenters. The van der Waals surface area contributed by atoms with Crippen molar-refractivity contribution in [1.29, 1.82) is 0 Å². The minimum atomic E-state index is -0.181. The summed E-state index contributed by atoms with van der Waals surface area (Å²) in [6.07, 6.45) is 2.84. The van der Waals surface area contributed by atoms with Crippen molar-refractivity contribution in [2.75, 3.05) is 6.54 Å². The molecule has 0 spiro atoms. The first kappa shape index (κ1) is 15.4. The van der Waals surface area contributed by atoms with Gasteiger partial charge in [0.15, 0.2) is 0 Å². The molecule has 18 heavy (non-hydrogen) atoms. The Bertz CT molecular complexity index is 433. The normalized spacial score (nSPS) is 12.9. The van der Waals surface area contributed by atoms with Crippen molar-refractivity contribution in [1.82, 2.24) is 5.32 Å². The SMILES string of the molecule is CCC(=Cc1cc(Br)ccc1F)CNC(C)(C)C. The molecule has 0 saturated carbocycles. The van der Waals surface area contributed by atoms with E-state index < -0.39 is 0 Å². The van der Waals surface area contributed by atoms with Gasteiger partial charge in [0.1, 0.15) is 5.82 Å². The first-order chi connectivity index (χ1) is 8.31. The minimum Gasteiger partial charge on any atom is -0.308 e. The Morgan fingerprint density at radius 3 is 2.61 bits per heavy atom. The maximum Gasteiger partial charge on any atom is 0.130 e. The third-order valence-corrected chi connectivity index (χ3v) is 3.11. The lowest BCUT2D eigenvalue weighted by Gasteiger charge is -2.21. The van der Waals surface area contributed by atoms with E-state index in [1.54, 1.807) is 6.07 Å². The molecule has 0 aromatic heterocycles. The van der Waals surface area contributed by atoms with Crippen LogP contribution in [0.2, 0.25) is 0 Å². The molecule has 3 heteroatoms. The molecule has 0 heterocycles. The van der Waals surface area contributed by atoms with Gasteiger partial charge >= 0.3 is 0 Å². The summed E-state index contributed by atoms with van der Waals surface area (Å²) < 4.78 is 14.6. The van der Waals surface area contributed by atoms with Crippen molar-refractivity contribution in [3.63, 3.8) is 0 Å². The van der Waals surface area contributed by atoms with E-state index in [1.807, 2.05) is 12.1 Å². The Morgan fingerprint density at radius 1 is 1.39 bits per heavy atom. The van der Waals surface area contributed by atoms with Gasteiger partial charge in [0.25, 0.3) is 0 Å². The summed E-state index contributed by atoms with van der Waals surface area (Å²) in [5, 5.41) is 3.42. The molecule has 1 nitrogen and oxygen atoms in total. The number of hydrogen-bond acceptors (Lipinski definition) is 1. The summed E-state index contributed by atoms with van der Waals surface area (Å²) in [4.78, 5) is 0. The van der Waals surface area contributed by atoms with Gasteiger partial charge in [0, 0.05) is 22.1 Å². The molecule has 0 atom stereocenters. The molecule has 0 fully saturated rings. The van der Waals surface area contributed by atoms with Crippen molar-refractivity contribution in [2.24, 2.45) is 0 Å². The van der Waals surface area contributed by atoms with Crippen molar-refractivity contribution in [2.45, 2.75) is 39.7 Å². The average Bonchev–Trinajstić information content (AvgIpc) is 2.27. The Labute approximate surface area is 118 Å². The Balaban J connectivity index is 2.87. The number of rotatable bonds is 4. The van der Waals surface area contributed by atoms with Crippen LogP contribution in [0.1, 0.15) is 39.7 Å². The van der Waals surface area contributed by atoms with Crippen LogP contribution in [0.25, 0.3) is 6.08 Å². The molecule has 0 saturated heterocycles. The van der Waals surface area contributed by atoms with Gasteiger partial charge in [0.2, 0.25) is 0 Å². The quantitative estimate of drug-likeness (QED) is 0.844. The van der Waals surface area contributed by atoms with Gasteiger partial charge in [-0.05, 0) is 45.4 Å². The summed E-state index contributed by atoms with van der Waals surface area (Å²) in [7, 11) is 0. The Morgan fingerprint density at radius 2 is 2.06 bits per heavy atom. The maximum absolute atomic E-state index is 13.7. The zero-order chi connectivity index (χ0) is 13.8. The molecular weight excluding hydrogens is 293 g/mol. The largest absolute Gasteiger partial charge is 0.308 e. The van der Waals surface area contributed by atoms with Crippen molar-refractivity contribution < 1.29 is 4.39 Å². The van der Waals surface area contributed by atoms with E-state index in [0.717, 1.165) is 17.4 Å². The lowest BCUT2D eigenvalue weighted by molar-refractivity contribution is 0.443. The number of nitrogens with one attached hydrogen (secondary N) is 1. The van der Waals surface area contributed by atoms with Crippen LogP contribution < -0.4 is 5.32 Å². The fraction of sp³-hybridized carbons (Fsp3) is 0.467. The fourth-order valence-corrected chi connectivity index (χ4v) is 1.88. The van der Waals surface area contributed by atoms with Gasteiger partial charge < -0.3 is 5.32 Å². The third kappa shape index (κ3) is 5.32. The summed E-state index contributed by atoms with van der Waals surface area (Å²) in [5.74, 6) is -0.181. The number of hydrogen-bond donors (Lipinski definition) is 1. The van der Waals surface area contributed by atoms with Crippen LogP contribution in [-0.4, -0.2) is 12.1 Å². The van der Waals surface area contributed by atoms with Crippen LogP contribution in [0.15, 0.2) is 28.2 Å². The molecule has 1 aromatic rings. The van der Waals surface area contributed by atoms with Crippen molar-refractivity contribution in [3.8, 4) is 0 Å². The highest BCUT2D eigenvalue weighted by atomic mass is 79.9. The first-order valence-corrected chi connectivity index (χ1v) is 7.00. The van der Waals surface area contributed by atoms with Gasteiger partial charge in [-0.2, -0.15) is 0 Å². The van der Waals surface area contributed by atoms with E-state index in [4.69, 9.17) is 0 Å². The van der Waals surface area contributed by atoms with E-state index in [2.05, 4.69) is 48.9 Å². The summed E-state index contributed by atoms with van der Waals surface area (Å²) in [6.45, 7) is 9.25. The topological polar surface area (TPSA) is 12.0 Å². The second-order valence-electron chi connectivity index (χ2n) is 5.43. The smallest absolute Gasteiger partial charge is 0.130 e. The molecule has 1 N–H and O–H groups in total. The van der Waals surface area contributed by atoms with Crippen LogP contribution in [0.5, 0.6) is 0 Å². The van der Waals surface area contributed by atoms with Gasteiger partial charge in [-0.15, -0.1) is 0 Å². The third-order valence-electron chi connectivity index (χ3n) is 2.62. The molecule has 0 aliphatic carbocycles. The lowest BCUT2D eigenvalue weighted by atomic mass is 10.1. The Hall–Kier alpha value is -0.670. The van der Waals surface area contributed by atoms with E-state index in [0.29, 0.717) is 5.56 Å². The summed E-state index contributed by atoms with van der Waals surface area (Å²) >= 11 is 3.37. The molecule has 0 amide bonds. The molecular formula is C15H21BrFN. The average molecular weight is 314 g/mol. The minimum absolute atomic E-state index is 0.0735. The zero-order valence-electron chi connectivity index (χ0n) is 11.5. The van der Waals surface area contributed by atoms with Crippen molar-refractivity contribution in [3.05, 3.63) is 39.6 Å². The standard InChI is InChI=1S/C15H21BrFN/c1-5-11(10-18-15(2,3)4)8-12-9-13(16)6-7-14(12)17/h6-9,18H,5,10H2,1-4H3.